The van der Waals surface area contributed by atoms with Gasteiger partial charge in [-0.15, -0.1) is 0 Å². The van der Waals surface area contributed by atoms with Crippen LogP contribution in [0.3, 0.4) is 0 Å². The number of rotatable bonds is 7. The van der Waals surface area contributed by atoms with E-state index in [1.807, 2.05) is 13.8 Å². The monoisotopic (exact) mass is 244 g/mol. The van der Waals surface area contributed by atoms with Crippen molar-refractivity contribution in [2.75, 3.05) is 13.1 Å². The van der Waals surface area contributed by atoms with Crippen molar-refractivity contribution in [3.63, 3.8) is 0 Å². The van der Waals surface area contributed by atoms with E-state index in [4.69, 9.17) is 10.9 Å². The molecular weight excluding hydrogens is 220 g/mol. The van der Waals surface area contributed by atoms with Crippen LogP contribution in [-0.2, 0) is 0 Å². The Hall–Kier alpha value is -1.46. The summed E-state index contributed by atoms with van der Waals surface area (Å²) in [4.78, 5) is 13.5. The summed E-state index contributed by atoms with van der Waals surface area (Å²) < 4.78 is 0. The van der Waals surface area contributed by atoms with Crippen LogP contribution in [0.25, 0.3) is 0 Å². The first-order chi connectivity index (χ1) is 8.02. The molecule has 0 aliphatic heterocycles. The predicted molar refractivity (Wildman–Crippen MR) is 68.2 cm³/mol. The predicted octanol–water partition coefficient (Wildman–Crippen LogP) is 1.34. The van der Waals surface area contributed by atoms with Gasteiger partial charge in [0.1, 0.15) is 5.84 Å². The van der Waals surface area contributed by atoms with E-state index in [1.54, 1.807) is 4.90 Å². The highest BCUT2D eigenvalue weighted by Gasteiger charge is 2.16. The Balaban J connectivity index is 4.17. The van der Waals surface area contributed by atoms with E-state index in [1.165, 1.54) is 0 Å². The SMILES string of the molecule is CCCCNC(=O)N(CC/C(N)=N/O)C(C)C. The van der Waals surface area contributed by atoms with Crippen LogP contribution < -0.4 is 11.1 Å². The van der Waals surface area contributed by atoms with E-state index in [2.05, 4.69) is 17.4 Å². The lowest BCUT2D eigenvalue weighted by Crippen LogP contribution is -2.45. The van der Waals surface area contributed by atoms with Gasteiger partial charge < -0.3 is 21.2 Å². The number of amidine groups is 1. The fourth-order valence-electron chi connectivity index (χ4n) is 1.35. The fourth-order valence-corrected chi connectivity index (χ4v) is 1.35. The number of nitrogens with one attached hydrogen (secondary N) is 1. The molecule has 0 bridgehead atoms. The molecule has 0 fully saturated rings. The van der Waals surface area contributed by atoms with Crippen molar-refractivity contribution in [3.8, 4) is 0 Å². The number of urea groups is 1. The Morgan fingerprint density at radius 1 is 1.53 bits per heavy atom. The zero-order chi connectivity index (χ0) is 13.3. The van der Waals surface area contributed by atoms with Gasteiger partial charge in [-0.1, -0.05) is 18.5 Å². The molecule has 0 saturated heterocycles. The minimum atomic E-state index is -0.0980. The summed E-state index contributed by atoms with van der Waals surface area (Å²) in [7, 11) is 0. The maximum absolute atomic E-state index is 11.8. The van der Waals surface area contributed by atoms with Crippen molar-refractivity contribution in [2.24, 2.45) is 10.9 Å². The molecule has 0 rings (SSSR count). The third-order valence-electron chi connectivity index (χ3n) is 2.43. The highest BCUT2D eigenvalue weighted by atomic mass is 16.4. The van der Waals surface area contributed by atoms with Gasteiger partial charge in [0, 0.05) is 25.6 Å². The summed E-state index contributed by atoms with van der Waals surface area (Å²) in [6, 6.07) is -0.0118. The van der Waals surface area contributed by atoms with E-state index in [-0.39, 0.29) is 17.9 Å². The second kappa shape index (κ2) is 8.66. The van der Waals surface area contributed by atoms with Crippen LogP contribution in [0, 0.1) is 0 Å². The van der Waals surface area contributed by atoms with Crippen molar-refractivity contribution < 1.29 is 10.0 Å². The Kier molecular flexibility index (Phi) is 7.92. The Bertz CT molecular complexity index is 254. The third-order valence-corrected chi connectivity index (χ3v) is 2.43. The second-order valence-electron chi connectivity index (χ2n) is 4.21. The zero-order valence-corrected chi connectivity index (χ0v) is 10.9. The molecule has 0 unspecified atom stereocenters. The summed E-state index contributed by atoms with van der Waals surface area (Å²) in [5.41, 5.74) is 5.38. The van der Waals surface area contributed by atoms with Gasteiger partial charge in [0.2, 0.25) is 0 Å². The van der Waals surface area contributed by atoms with Gasteiger partial charge in [-0.05, 0) is 20.3 Å². The Morgan fingerprint density at radius 3 is 2.65 bits per heavy atom. The first-order valence-electron chi connectivity index (χ1n) is 6.03. The smallest absolute Gasteiger partial charge is 0.317 e. The van der Waals surface area contributed by atoms with Crippen LogP contribution in [0.4, 0.5) is 4.79 Å². The molecule has 6 heteroatoms. The number of amides is 2. The number of nitrogens with two attached hydrogens (primary N) is 1. The van der Waals surface area contributed by atoms with Crippen LogP contribution >= 0.6 is 0 Å². The molecule has 2 amide bonds. The van der Waals surface area contributed by atoms with Crippen LogP contribution in [0.5, 0.6) is 0 Å². The molecule has 0 saturated carbocycles. The van der Waals surface area contributed by atoms with Gasteiger partial charge >= 0.3 is 6.03 Å². The summed E-state index contributed by atoms with van der Waals surface area (Å²) >= 11 is 0. The van der Waals surface area contributed by atoms with Crippen molar-refractivity contribution in [1.29, 1.82) is 0 Å². The van der Waals surface area contributed by atoms with Gasteiger partial charge in [0.15, 0.2) is 0 Å². The molecule has 0 aliphatic carbocycles. The normalized spacial score (nSPS) is 11.6. The number of oxime groups is 1. The van der Waals surface area contributed by atoms with Crippen molar-refractivity contribution >= 4 is 11.9 Å². The Labute approximate surface area is 103 Å². The minimum absolute atomic E-state index is 0.0862. The average Bonchev–Trinajstić information content (AvgIpc) is 2.28. The molecule has 4 N–H and O–H groups in total. The van der Waals surface area contributed by atoms with Crippen molar-refractivity contribution in [2.45, 2.75) is 46.1 Å². The van der Waals surface area contributed by atoms with E-state index >= 15 is 0 Å². The second-order valence-corrected chi connectivity index (χ2v) is 4.21. The number of unbranched alkanes of at least 4 members (excludes halogenated alkanes) is 1. The molecule has 17 heavy (non-hydrogen) atoms. The van der Waals surface area contributed by atoms with Crippen LogP contribution in [0.1, 0.15) is 40.0 Å². The lowest BCUT2D eigenvalue weighted by atomic mass is 10.3. The highest BCUT2D eigenvalue weighted by Crippen LogP contribution is 2.01. The first-order valence-corrected chi connectivity index (χ1v) is 6.03. The number of hydrogen-bond acceptors (Lipinski definition) is 3. The van der Waals surface area contributed by atoms with Crippen LogP contribution in [-0.4, -0.2) is 41.1 Å². The molecule has 0 aromatic carbocycles. The lowest BCUT2D eigenvalue weighted by Gasteiger charge is -2.26. The average molecular weight is 244 g/mol. The summed E-state index contributed by atoms with van der Waals surface area (Å²) in [6.07, 6.45) is 2.39. The van der Waals surface area contributed by atoms with E-state index in [9.17, 15) is 4.79 Å². The fraction of sp³-hybridized carbons (Fsp3) is 0.818. The van der Waals surface area contributed by atoms with Crippen LogP contribution in [0.2, 0.25) is 0 Å². The van der Waals surface area contributed by atoms with E-state index in [0.29, 0.717) is 19.5 Å². The van der Waals surface area contributed by atoms with Crippen molar-refractivity contribution in [3.05, 3.63) is 0 Å². The molecule has 0 aliphatic rings. The molecule has 100 valence electrons. The molecule has 0 heterocycles. The maximum atomic E-state index is 11.8. The summed E-state index contributed by atoms with van der Waals surface area (Å²) in [5.74, 6) is 0.136. The Morgan fingerprint density at radius 2 is 2.18 bits per heavy atom. The minimum Gasteiger partial charge on any atom is -0.409 e. The highest BCUT2D eigenvalue weighted by molar-refractivity contribution is 5.81. The number of hydrogen-bond donors (Lipinski definition) is 3. The van der Waals surface area contributed by atoms with Gasteiger partial charge in [-0.3, -0.25) is 0 Å². The van der Waals surface area contributed by atoms with Crippen LogP contribution in [0.15, 0.2) is 5.16 Å². The number of carbonyl (C=O) groups is 1. The molecule has 0 spiro atoms. The number of carbonyl (C=O) groups excluding carboxylic acids is 1. The lowest BCUT2D eigenvalue weighted by molar-refractivity contribution is 0.184. The first kappa shape index (κ1) is 15.5. The van der Waals surface area contributed by atoms with Crippen molar-refractivity contribution in [1.82, 2.24) is 10.2 Å². The van der Waals surface area contributed by atoms with E-state index < -0.39 is 0 Å². The molecule has 0 aromatic heterocycles. The third kappa shape index (κ3) is 6.65. The van der Waals surface area contributed by atoms with Gasteiger partial charge in [0.05, 0.1) is 0 Å². The van der Waals surface area contributed by atoms with Gasteiger partial charge in [0.25, 0.3) is 0 Å². The molecule has 0 radical (unpaired) electrons. The molecule has 6 nitrogen and oxygen atoms in total. The van der Waals surface area contributed by atoms with Gasteiger partial charge in [-0.2, -0.15) is 0 Å². The van der Waals surface area contributed by atoms with E-state index in [0.717, 1.165) is 12.8 Å². The van der Waals surface area contributed by atoms with Gasteiger partial charge in [-0.25, -0.2) is 4.79 Å². The topological polar surface area (TPSA) is 91.0 Å². The molecule has 0 aromatic rings. The largest absolute Gasteiger partial charge is 0.409 e. The quantitative estimate of drug-likeness (QED) is 0.207. The molecular formula is C11H24N4O2. The molecule has 0 atom stereocenters. The summed E-state index contributed by atoms with van der Waals surface area (Å²) in [5, 5.41) is 14.2. The standard InChI is InChI=1S/C11H24N4O2/c1-4-5-7-13-11(16)15(9(2)3)8-6-10(12)14-17/h9,17H,4-8H2,1-3H3,(H2,12,14)(H,13,16). The number of nitrogens with zero attached hydrogens (tertiary/aromatic N) is 2. The maximum Gasteiger partial charge on any atom is 0.317 e. The zero-order valence-electron chi connectivity index (χ0n) is 10.9. The summed E-state index contributed by atoms with van der Waals surface area (Å²) in [6.45, 7) is 7.08.